The molecule has 5 N–H and O–H groups in total. The number of rotatable bonds is 2. The van der Waals surface area contributed by atoms with Gasteiger partial charge in [-0.2, -0.15) is 0 Å². The van der Waals surface area contributed by atoms with Crippen LogP contribution in [-0.4, -0.2) is 38.7 Å². The number of hydrogen-bond donors (Lipinski definition) is 5. The van der Waals surface area contributed by atoms with E-state index in [-0.39, 0.29) is 0 Å². The van der Waals surface area contributed by atoms with Crippen LogP contribution in [0.15, 0.2) is 0 Å². The summed E-state index contributed by atoms with van der Waals surface area (Å²) < 4.78 is 13.0. The Labute approximate surface area is 63.7 Å². The lowest BCUT2D eigenvalue weighted by Crippen LogP contribution is -2.15. The fourth-order valence-corrected chi connectivity index (χ4v) is 0.149. The molecule has 7 nitrogen and oxygen atoms in total. The minimum Gasteiger partial charge on any atom is -0.402 e. The summed E-state index contributed by atoms with van der Waals surface area (Å²) in [5, 5.41) is 15.8. The third kappa shape index (κ3) is 69.9. The summed E-state index contributed by atoms with van der Waals surface area (Å²) in [4.78, 5) is 21.6. The first-order valence-corrected chi connectivity index (χ1v) is 4.10. The summed E-state index contributed by atoms with van der Waals surface area (Å²) in [6, 6.07) is 0. The maximum atomic E-state index is 8.88. The molecule has 0 bridgehead atoms. The van der Waals surface area contributed by atoms with Gasteiger partial charge in [0.1, 0.15) is 0 Å². The van der Waals surface area contributed by atoms with Crippen LogP contribution in [0.3, 0.4) is 0 Å². The molecule has 11 heavy (non-hydrogen) atoms. The number of phosphoric acid groups is 1. The summed E-state index contributed by atoms with van der Waals surface area (Å²) in [5.74, 6) is 0. The maximum absolute atomic E-state index is 8.88. The van der Waals surface area contributed by atoms with Crippen molar-refractivity contribution in [3.8, 4) is 0 Å². The summed E-state index contributed by atoms with van der Waals surface area (Å²) in [6.45, 7) is 2.01. The Balaban J connectivity index is 0. The van der Waals surface area contributed by atoms with Crippen molar-refractivity contribution in [3.63, 3.8) is 0 Å². The SMILES string of the molecule is CCOB(O)O.O=P(O)(O)O. The lowest BCUT2D eigenvalue weighted by Gasteiger charge is -1.91. The normalized spacial score (nSPS) is 10.0. The lowest BCUT2D eigenvalue weighted by atomic mass is 10.3. The van der Waals surface area contributed by atoms with E-state index in [9.17, 15) is 0 Å². The summed E-state index contributed by atoms with van der Waals surface area (Å²) in [7, 11) is -6.24. The van der Waals surface area contributed by atoms with Crippen molar-refractivity contribution >= 4 is 15.1 Å². The second kappa shape index (κ2) is 6.75. The van der Waals surface area contributed by atoms with Crippen LogP contribution in [0.4, 0.5) is 0 Å². The van der Waals surface area contributed by atoms with Crippen LogP contribution in [0.1, 0.15) is 6.92 Å². The molecule has 0 rings (SSSR count). The van der Waals surface area contributed by atoms with Gasteiger partial charge in [0.25, 0.3) is 0 Å². The molecule has 0 aromatic carbocycles. The maximum Gasteiger partial charge on any atom is 0.633 e. The van der Waals surface area contributed by atoms with Gasteiger partial charge in [0.05, 0.1) is 0 Å². The Hall–Kier alpha value is 0.0549. The van der Waals surface area contributed by atoms with Crippen LogP contribution in [0.25, 0.3) is 0 Å². The van der Waals surface area contributed by atoms with E-state index >= 15 is 0 Å². The monoisotopic (exact) mass is 188 g/mol. The molecule has 0 heterocycles. The molecule has 0 spiro atoms. The van der Waals surface area contributed by atoms with Gasteiger partial charge >= 0.3 is 15.1 Å². The quantitative estimate of drug-likeness (QED) is 0.252. The van der Waals surface area contributed by atoms with Crippen molar-refractivity contribution in [1.29, 1.82) is 0 Å². The van der Waals surface area contributed by atoms with Crippen LogP contribution in [0.2, 0.25) is 0 Å². The van der Waals surface area contributed by atoms with E-state index < -0.39 is 15.1 Å². The smallest absolute Gasteiger partial charge is 0.402 e. The van der Waals surface area contributed by atoms with E-state index in [0.717, 1.165) is 0 Å². The second-order valence-corrected chi connectivity index (χ2v) is 2.32. The second-order valence-electron chi connectivity index (χ2n) is 1.29. The fourth-order valence-electron chi connectivity index (χ4n) is 0.149. The van der Waals surface area contributed by atoms with Gasteiger partial charge in [0.15, 0.2) is 0 Å². The standard InChI is InChI=1S/C2H7BO3.H3O4P/c1-2-6-3(4)5;1-5(2,3)4/h4-5H,2H2,1H3;(H3,1,2,3,4). The summed E-state index contributed by atoms with van der Waals surface area (Å²) >= 11 is 0. The van der Waals surface area contributed by atoms with Crippen LogP contribution in [-0.2, 0) is 9.22 Å². The number of hydrogen-bond acceptors (Lipinski definition) is 4. The van der Waals surface area contributed by atoms with Crippen molar-refractivity contribution in [2.75, 3.05) is 6.61 Å². The van der Waals surface area contributed by atoms with Crippen molar-refractivity contribution in [2.45, 2.75) is 6.92 Å². The third-order valence-electron chi connectivity index (χ3n) is 0.316. The minimum absolute atomic E-state index is 0.331. The van der Waals surface area contributed by atoms with Crippen molar-refractivity contribution in [1.82, 2.24) is 0 Å². The Kier molecular flexibility index (Phi) is 8.36. The van der Waals surface area contributed by atoms with Crippen LogP contribution in [0, 0.1) is 0 Å². The van der Waals surface area contributed by atoms with Gasteiger partial charge in [0.2, 0.25) is 0 Å². The van der Waals surface area contributed by atoms with Crippen LogP contribution >= 0.6 is 7.82 Å². The lowest BCUT2D eigenvalue weighted by molar-refractivity contribution is 0.196. The average Bonchev–Trinajstić information content (AvgIpc) is 1.58. The molecule has 0 fully saturated rings. The third-order valence-corrected chi connectivity index (χ3v) is 0.316. The van der Waals surface area contributed by atoms with Crippen molar-refractivity contribution in [3.05, 3.63) is 0 Å². The van der Waals surface area contributed by atoms with Gasteiger partial charge in [-0.15, -0.1) is 0 Å². The van der Waals surface area contributed by atoms with E-state index in [1.165, 1.54) is 0 Å². The molecule has 0 radical (unpaired) electrons. The topological polar surface area (TPSA) is 127 Å². The molecular formula is C2H10BO7P. The zero-order chi connectivity index (χ0) is 9.49. The van der Waals surface area contributed by atoms with Crippen molar-refractivity contribution < 1.29 is 33.9 Å². The van der Waals surface area contributed by atoms with E-state index in [1.807, 2.05) is 0 Å². The molecular weight excluding hydrogens is 178 g/mol. The molecule has 0 unspecified atom stereocenters. The minimum atomic E-state index is -4.64. The van der Waals surface area contributed by atoms with E-state index in [0.29, 0.717) is 6.61 Å². The molecule has 0 amide bonds. The van der Waals surface area contributed by atoms with Gasteiger partial charge < -0.3 is 29.4 Å². The van der Waals surface area contributed by atoms with Gasteiger partial charge in [-0.3, -0.25) is 0 Å². The highest BCUT2D eigenvalue weighted by molar-refractivity contribution is 7.45. The summed E-state index contributed by atoms with van der Waals surface area (Å²) in [5.41, 5.74) is 0. The molecule has 0 aromatic heterocycles. The molecule has 9 heteroatoms. The van der Waals surface area contributed by atoms with Gasteiger partial charge in [-0.25, -0.2) is 4.57 Å². The zero-order valence-electron chi connectivity index (χ0n) is 5.78. The van der Waals surface area contributed by atoms with Gasteiger partial charge in [-0.05, 0) is 6.92 Å². The first-order chi connectivity index (χ1) is 4.77. The molecule has 0 aliphatic heterocycles. The molecule has 0 aromatic rings. The van der Waals surface area contributed by atoms with Crippen LogP contribution in [0.5, 0.6) is 0 Å². The Morgan fingerprint density at radius 2 is 1.64 bits per heavy atom. The van der Waals surface area contributed by atoms with Crippen LogP contribution < -0.4 is 0 Å². The first-order valence-electron chi connectivity index (χ1n) is 2.53. The van der Waals surface area contributed by atoms with E-state index in [1.54, 1.807) is 6.92 Å². The van der Waals surface area contributed by atoms with E-state index in [4.69, 9.17) is 29.3 Å². The Morgan fingerprint density at radius 1 is 1.36 bits per heavy atom. The molecule has 0 aliphatic carbocycles. The fraction of sp³-hybridized carbons (Fsp3) is 1.00. The predicted octanol–water partition coefficient (Wildman–Crippen LogP) is -1.94. The van der Waals surface area contributed by atoms with E-state index in [2.05, 4.69) is 4.65 Å². The largest absolute Gasteiger partial charge is 0.633 e. The highest BCUT2D eigenvalue weighted by atomic mass is 31.2. The molecule has 0 aliphatic rings. The van der Waals surface area contributed by atoms with Gasteiger partial charge in [0, 0.05) is 6.61 Å². The molecule has 0 atom stereocenters. The summed E-state index contributed by atoms with van der Waals surface area (Å²) in [6.07, 6.45) is 0. The average molecular weight is 188 g/mol. The van der Waals surface area contributed by atoms with Gasteiger partial charge in [-0.1, -0.05) is 0 Å². The Morgan fingerprint density at radius 3 is 1.64 bits per heavy atom. The highest BCUT2D eigenvalue weighted by Gasteiger charge is 2.03. The van der Waals surface area contributed by atoms with Crippen molar-refractivity contribution in [2.24, 2.45) is 0 Å². The Bertz CT molecular complexity index is 111. The zero-order valence-corrected chi connectivity index (χ0v) is 6.68. The highest BCUT2D eigenvalue weighted by Crippen LogP contribution is 2.25. The molecule has 0 saturated carbocycles. The molecule has 0 saturated heterocycles. The first kappa shape index (κ1) is 13.6. The molecule has 68 valence electrons. The predicted molar refractivity (Wildman–Crippen MR) is 36.1 cm³/mol.